The fourth-order valence-corrected chi connectivity index (χ4v) is 3.56. The molecule has 0 amide bonds. The lowest BCUT2D eigenvalue weighted by atomic mass is 10.3. The van der Waals surface area contributed by atoms with Crippen LogP contribution >= 0.6 is 43.2 Å². The molecular weight excluding hydrogens is 406 g/mol. The highest BCUT2D eigenvalue weighted by Gasteiger charge is 2.07. The Labute approximate surface area is 139 Å². The molecule has 0 saturated carbocycles. The number of halogens is 2. The lowest BCUT2D eigenvalue weighted by Gasteiger charge is -2.12. The third-order valence-corrected chi connectivity index (χ3v) is 4.92. The summed E-state index contributed by atoms with van der Waals surface area (Å²) in [5.74, 6) is 1.48. The van der Waals surface area contributed by atoms with Crippen LogP contribution in [-0.2, 0) is 6.54 Å². The zero-order chi connectivity index (χ0) is 14.4. The number of methoxy groups -OCH3 is 1. The minimum atomic E-state index is 0.589. The average molecular weight is 421 g/mol. The van der Waals surface area contributed by atoms with E-state index in [0.717, 1.165) is 33.5 Å². The first-order valence-electron chi connectivity index (χ1n) is 6.09. The van der Waals surface area contributed by atoms with E-state index in [1.165, 1.54) is 4.88 Å². The van der Waals surface area contributed by atoms with Crippen molar-refractivity contribution < 1.29 is 9.47 Å². The molecular formula is C14H15Br2NO2S. The lowest BCUT2D eigenvalue weighted by molar-refractivity contribution is 0.290. The van der Waals surface area contributed by atoms with Crippen LogP contribution < -0.4 is 14.8 Å². The van der Waals surface area contributed by atoms with Gasteiger partial charge >= 0.3 is 0 Å². The van der Waals surface area contributed by atoms with E-state index < -0.39 is 0 Å². The molecule has 108 valence electrons. The summed E-state index contributed by atoms with van der Waals surface area (Å²) in [5, 5.41) is 5.43. The van der Waals surface area contributed by atoms with Gasteiger partial charge in [-0.05, 0) is 50.1 Å². The number of rotatable bonds is 7. The normalized spacial score (nSPS) is 10.6. The van der Waals surface area contributed by atoms with Gasteiger partial charge in [-0.25, -0.2) is 0 Å². The van der Waals surface area contributed by atoms with Gasteiger partial charge in [0.25, 0.3) is 0 Å². The Morgan fingerprint density at radius 1 is 1.30 bits per heavy atom. The first-order chi connectivity index (χ1) is 9.70. The molecule has 1 N–H and O–H groups in total. The molecule has 0 aliphatic carbocycles. The molecule has 0 fully saturated rings. The molecule has 20 heavy (non-hydrogen) atoms. The number of ether oxygens (including phenoxy) is 2. The van der Waals surface area contributed by atoms with E-state index in [-0.39, 0.29) is 0 Å². The zero-order valence-electron chi connectivity index (χ0n) is 11.0. The third kappa shape index (κ3) is 4.48. The largest absolute Gasteiger partial charge is 0.493 e. The first kappa shape index (κ1) is 15.8. The van der Waals surface area contributed by atoms with E-state index in [9.17, 15) is 0 Å². The molecule has 2 aromatic rings. The minimum absolute atomic E-state index is 0.589. The molecule has 1 aromatic carbocycles. The van der Waals surface area contributed by atoms with Crippen molar-refractivity contribution >= 4 is 43.2 Å². The Bertz CT molecular complexity index is 560. The van der Waals surface area contributed by atoms with Gasteiger partial charge in [0.15, 0.2) is 11.5 Å². The van der Waals surface area contributed by atoms with E-state index in [1.54, 1.807) is 18.4 Å². The maximum absolute atomic E-state index is 5.76. The molecule has 0 atom stereocenters. The van der Waals surface area contributed by atoms with Crippen molar-refractivity contribution in [3.8, 4) is 11.5 Å². The molecule has 0 saturated heterocycles. The summed E-state index contributed by atoms with van der Waals surface area (Å²) in [7, 11) is 1.64. The Hall–Kier alpha value is -0.560. The van der Waals surface area contributed by atoms with Crippen molar-refractivity contribution in [1.29, 1.82) is 0 Å². The predicted molar refractivity (Wildman–Crippen MR) is 89.9 cm³/mol. The van der Waals surface area contributed by atoms with Crippen LogP contribution in [0.1, 0.15) is 4.88 Å². The number of nitrogens with one attached hydrogen (secondary N) is 1. The summed E-state index contributed by atoms with van der Waals surface area (Å²) in [5.41, 5.74) is 0. The number of hydrogen-bond acceptors (Lipinski definition) is 4. The van der Waals surface area contributed by atoms with Crippen LogP contribution in [0.4, 0.5) is 0 Å². The van der Waals surface area contributed by atoms with Gasteiger partial charge in [0.1, 0.15) is 6.61 Å². The first-order valence-corrected chi connectivity index (χ1v) is 8.56. The molecule has 3 nitrogen and oxygen atoms in total. The minimum Gasteiger partial charge on any atom is -0.493 e. The van der Waals surface area contributed by atoms with Crippen LogP contribution in [0, 0.1) is 0 Å². The fraction of sp³-hybridized carbons (Fsp3) is 0.286. The van der Waals surface area contributed by atoms with Gasteiger partial charge in [-0.3, -0.25) is 0 Å². The summed E-state index contributed by atoms with van der Waals surface area (Å²) in [6.45, 7) is 2.22. The van der Waals surface area contributed by atoms with Gasteiger partial charge in [0.05, 0.1) is 11.6 Å². The second kappa shape index (κ2) is 8.02. The Morgan fingerprint density at radius 3 is 2.85 bits per heavy atom. The second-order valence-electron chi connectivity index (χ2n) is 4.03. The summed E-state index contributed by atoms with van der Waals surface area (Å²) < 4.78 is 13.1. The smallest absolute Gasteiger partial charge is 0.175 e. The van der Waals surface area contributed by atoms with Gasteiger partial charge in [-0.1, -0.05) is 6.07 Å². The Kier molecular flexibility index (Phi) is 6.35. The summed E-state index contributed by atoms with van der Waals surface area (Å²) in [6.07, 6.45) is 0. The van der Waals surface area contributed by atoms with Crippen molar-refractivity contribution in [1.82, 2.24) is 5.32 Å². The van der Waals surface area contributed by atoms with Crippen LogP contribution in [0.2, 0.25) is 0 Å². The standard InChI is InChI=1S/C14H15Br2NO2S/c1-18-13-4-2-3-12(16)14(13)19-6-5-17-8-11-7-10(15)9-20-11/h2-4,7,9,17H,5-6,8H2,1H3. The van der Waals surface area contributed by atoms with E-state index in [4.69, 9.17) is 9.47 Å². The number of thiophene rings is 1. The Morgan fingerprint density at radius 2 is 2.15 bits per heavy atom. The molecule has 0 spiro atoms. The van der Waals surface area contributed by atoms with Gasteiger partial charge in [0, 0.05) is 27.8 Å². The van der Waals surface area contributed by atoms with Crippen LogP contribution in [0.5, 0.6) is 11.5 Å². The zero-order valence-corrected chi connectivity index (χ0v) is 15.0. The molecule has 0 aliphatic heterocycles. The van der Waals surface area contributed by atoms with Crippen molar-refractivity contribution in [2.24, 2.45) is 0 Å². The van der Waals surface area contributed by atoms with Crippen molar-refractivity contribution in [3.63, 3.8) is 0 Å². The van der Waals surface area contributed by atoms with Gasteiger partial charge < -0.3 is 14.8 Å². The Balaban J connectivity index is 1.76. The van der Waals surface area contributed by atoms with Crippen molar-refractivity contribution in [2.75, 3.05) is 20.3 Å². The molecule has 0 bridgehead atoms. The molecule has 1 aromatic heterocycles. The monoisotopic (exact) mass is 419 g/mol. The molecule has 0 radical (unpaired) electrons. The van der Waals surface area contributed by atoms with Gasteiger partial charge in [-0.15, -0.1) is 11.3 Å². The topological polar surface area (TPSA) is 30.5 Å². The van der Waals surface area contributed by atoms with E-state index in [1.807, 2.05) is 18.2 Å². The van der Waals surface area contributed by atoms with Crippen LogP contribution in [0.15, 0.2) is 38.6 Å². The highest BCUT2D eigenvalue weighted by atomic mass is 79.9. The third-order valence-electron chi connectivity index (χ3n) is 2.60. The fourth-order valence-electron chi connectivity index (χ4n) is 1.67. The summed E-state index contributed by atoms with van der Waals surface area (Å²) >= 11 is 8.65. The maximum Gasteiger partial charge on any atom is 0.175 e. The van der Waals surface area contributed by atoms with Crippen LogP contribution in [0.25, 0.3) is 0 Å². The predicted octanol–water partition coefficient (Wildman–Crippen LogP) is 4.45. The van der Waals surface area contributed by atoms with E-state index in [2.05, 4.69) is 48.6 Å². The van der Waals surface area contributed by atoms with Crippen LogP contribution in [-0.4, -0.2) is 20.3 Å². The molecule has 6 heteroatoms. The summed E-state index contributed by atoms with van der Waals surface area (Å²) in [4.78, 5) is 1.30. The number of para-hydroxylation sites is 1. The quantitative estimate of drug-likeness (QED) is 0.671. The van der Waals surface area contributed by atoms with E-state index >= 15 is 0 Å². The number of benzene rings is 1. The molecule has 0 aliphatic rings. The maximum atomic E-state index is 5.76. The van der Waals surface area contributed by atoms with Crippen molar-refractivity contribution in [2.45, 2.75) is 6.54 Å². The van der Waals surface area contributed by atoms with E-state index in [0.29, 0.717) is 6.61 Å². The summed E-state index contributed by atoms with van der Waals surface area (Å²) in [6, 6.07) is 7.86. The number of hydrogen-bond donors (Lipinski definition) is 1. The second-order valence-corrected chi connectivity index (χ2v) is 6.79. The molecule has 2 rings (SSSR count). The highest BCUT2D eigenvalue weighted by molar-refractivity contribution is 9.10. The highest BCUT2D eigenvalue weighted by Crippen LogP contribution is 2.34. The SMILES string of the molecule is COc1cccc(Br)c1OCCNCc1cc(Br)cs1. The van der Waals surface area contributed by atoms with Crippen LogP contribution in [0.3, 0.4) is 0 Å². The van der Waals surface area contributed by atoms with Crippen molar-refractivity contribution in [3.05, 3.63) is 43.5 Å². The van der Waals surface area contributed by atoms with Gasteiger partial charge in [-0.2, -0.15) is 0 Å². The molecule has 1 heterocycles. The average Bonchev–Trinajstić information content (AvgIpc) is 2.85. The van der Waals surface area contributed by atoms with Gasteiger partial charge in [0.2, 0.25) is 0 Å². The molecule has 0 unspecified atom stereocenters. The lowest BCUT2D eigenvalue weighted by Crippen LogP contribution is -2.20.